The lowest BCUT2D eigenvalue weighted by Gasteiger charge is -2.25. The van der Waals surface area contributed by atoms with E-state index in [4.69, 9.17) is 14.5 Å². The molecular weight excluding hydrogens is 482 g/mol. The van der Waals surface area contributed by atoms with Gasteiger partial charge in [0.05, 0.1) is 29.5 Å². The number of amides is 1. The minimum absolute atomic E-state index is 0. The predicted molar refractivity (Wildman–Crippen MR) is 148 cm³/mol. The molecule has 35 heavy (non-hydrogen) atoms. The minimum Gasteiger partial charge on any atom is -0.496 e. The van der Waals surface area contributed by atoms with E-state index in [2.05, 4.69) is 18.7 Å². The van der Waals surface area contributed by atoms with Gasteiger partial charge in [-0.1, -0.05) is 49.4 Å². The summed E-state index contributed by atoms with van der Waals surface area (Å²) in [6, 6.07) is 17.7. The second-order valence-electron chi connectivity index (χ2n) is 7.94. The van der Waals surface area contributed by atoms with Crippen LogP contribution in [-0.4, -0.2) is 55.7 Å². The number of nitrogens with zero attached hydrogens (tertiary/aromatic N) is 3. The van der Waals surface area contributed by atoms with Crippen LogP contribution in [0.15, 0.2) is 54.6 Å². The summed E-state index contributed by atoms with van der Waals surface area (Å²) in [5, 5.41) is 2.71. The second kappa shape index (κ2) is 12.2. The highest BCUT2D eigenvalue weighted by atomic mass is 35.5. The zero-order valence-electron chi connectivity index (χ0n) is 20.6. The molecule has 1 amide bonds. The molecule has 0 aliphatic carbocycles. The number of fused-ring (bicyclic) bond motifs is 2. The molecule has 0 bridgehead atoms. The Bertz CT molecular complexity index is 1290. The molecule has 8 heteroatoms. The average Bonchev–Trinajstić information content (AvgIpc) is 3.28. The van der Waals surface area contributed by atoms with Crippen molar-refractivity contribution in [1.82, 2.24) is 9.88 Å². The molecule has 0 saturated carbocycles. The summed E-state index contributed by atoms with van der Waals surface area (Å²) in [6.07, 6.45) is 0. The highest BCUT2D eigenvalue weighted by Gasteiger charge is 2.25. The number of hydrogen-bond donors (Lipinski definition) is 0. The Morgan fingerprint density at radius 2 is 1.69 bits per heavy atom. The van der Waals surface area contributed by atoms with Crippen LogP contribution in [0.4, 0.5) is 5.13 Å². The predicted octanol–water partition coefficient (Wildman–Crippen LogP) is 6.27. The van der Waals surface area contributed by atoms with E-state index in [1.165, 1.54) is 11.3 Å². The molecule has 0 N–H and O–H groups in total. The van der Waals surface area contributed by atoms with Gasteiger partial charge in [-0.25, -0.2) is 4.98 Å². The van der Waals surface area contributed by atoms with Crippen molar-refractivity contribution in [2.45, 2.75) is 20.8 Å². The summed E-state index contributed by atoms with van der Waals surface area (Å²) in [5.41, 5.74) is 1.39. The van der Waals surface area contributed by atoms with Gasteiger partial charge in [0.1, 0.15) is 11.5 Å². The van der Waals surface area contributed by atoms with Crippen molar-refractivity contribution < 1.29 is 14.3 Å². The maximum Gasteiger partial charge on any atom is 0.263 e. The lowest BCUT2D eigenvalue weighted by molar-refractivity contribution is 0.0981. The number of likely N-dealkylation sites (N-methyl/N-ethyl adjacent to an activating group) is 1. The van der Waals surface area contributed by atoms with Gasteiger partial charge in [0.2, 0.25) is 0 Å². The van der Waals surface area contributed by atoms with Gasteiger partial charge in [-0.05, 0) is 61.1 Å². The fourth-order valence-corrected chi connectivity index (χ4v) is 5.05. The van der Waals surface area contributed by atoms with Crippen LogP contribution in [0.1, 0.15) is 31.1 Å². The number of anilines is 1. The van der Waals surface area contributed by atoms with Gasteiger partial charge in [-0.3, -0.25) is 9.69 Å². The highest BCUT2D eigenvalue weighted by molar-refractivity contribution is 7.22. The SMILES string of the molecule is CCOc1ccc2nc(N(CCN(CC)CC)C(=O)c3cc4ccccc4cc3OC)sc2c1.Cl. The topological polar surface area (TPSA) is 54.9 Å². The maximum absolute atomic E-state index is 14.0. The van der Waals surface area contributed by atoms with Gasteiger partial charge in [0.25, 0.3) is 5.91 Å². The van der Waals surface area contributed by atoms with Crippen LogP contribution in [0.5, 0.6) is 11.5 Å². The number of aromatic nitrogens is 1. The normalized spacial score (nSPS) is 11.0. The molecule has 0 unspecified atom stereocenters. The standard InChI is InChI=1S/C27H31N3O3S.ClH/c1-5-29(6-2)14-15-30(27-28-23-13-12-21(33-7-3)18-25(23)34-27)26(31)22-16-19-10-8-9-11-20(19)17-24(22)32-4;/h8-13,16-18H,5-7,14-15H2,1-4H3;1H. The zero-order valence-corrected chi connectivity index (χ0v) is 22.2. The zero-order chi connectivity index (χ0) is 24.1. The van der Waals surface area contributed by atoms with E-state index in [1.54, 1.807) is 12.0 Å². The van der Waals surface area contributed by atoms with Crippen LogP contribution in [0, 0.1) is 0 Å². The molecule has 3 aromatic carbocycles. The third-order valence-corrected chi connectivity index (χ3v) is 7.01. The molecule has 0 aliphatic rings. The number of thiazole rings is 1. The smallest absolute Gasteiger partial charge is 0.263 e. The summed E-state index contributed by atoms with van der Waals surface area (Å²) in [7, 11) is 1.61. The van der Waals surface area contributed by atoms with Crippen molar-refractivity contribution in [2.75, 3.05) is 44.8 Å². The van der Waals surface area contributed by atoms with E-state index in [0.29, 0.717) is 29.6 Å². The van der Waals surface area contributed by atoms with Gasteiger partial charge < -0.3 is 14.4 Å². The molecule has 6 nitrogen and oxygen atoms in total. The third-order valence-electron chi connectivity index (χ3n) is 5.97. The Labute approximate surface area is 216 Å². The summed E-state index contributed by atoms with van der Waals surface area (Å²) < 4.78 is 12.3. The number of carbonyl (C=O) groups is 1. The molecule has 0 fully saturated rings. The fourth-order valence-electron chi connectivity index (χ4n) is 4.03. The summed E-state index contributed by atoms with van der Waals surface area (Å²) in [5.74, 6) is 1.26. The van der Waals surface area contributed by atoms with Gasteiger partial charge in [-0.2, -0.15) is 0 Å². The quantitative estimate of drug-likeness (QED) is 0.250. The second-order valence-corrected chi connectivity index (χ2v) is 8.95. The number of halogens is 1. The van der Waals surface area contributed by atoms with Crippen LogP contribution in [0.3, 0.4) is 0 Å². The maximum atomic E-state index is 14.0. The van der Waals surface area contributed by atoms with Crippen LogP contribution in [-0.2, 0) is 0 Å². The molecule has 0 aliphatic heterocycles. The molecule has 4 aromatic rings. The molecule has 0 saturated heterocycles. The largest absolute Gasteiger partial charge is 0.496 e. The number of rotatable bonds is 10. The van der Waals surface area contributed by atoms with Crippen LogP contribution >= 0.6 is 23.7 Å². The molecule has 0 atom stereocenters. The molecular formula is C27H32ClN3O3S. The number of benzene rings is 3. The molecule has 0 radical (unpaired) electrons. The Morgan fingerprint density at radius 1 is 0.971 bits per heavy atom. The van der Waals surface area contributed by atoms with Crippen LogP contribution in [0.2, 0.25) is 0 Å². The highest BCUT2D eigenvalue weighted by Crippen LogP contribution is 2.34. The lowest BCUT2D eigenvalue weighted by atomic mass is 10.0. The van der Waals surface area contributed by atoms with Crippen molar-refractivity contribution >= 4 is 55.8 Å². The third kappa shape index (κ3) is 5.86. The van der Waals surface area contributed by atoms with E-state index in [9.17, 15) is 4.79 Å². The van der Waals surface area contributed by atoms with Crippen molar-refractivity contribution in [3.8, 4) is 11.5 Å². The summed E-state index contributed by atoms with van der Waals surface area (Å²) in [6.45, 7) is 9.98. The fraction of sp³-hybridized carbons (Fsp3) is 0.333. The number of carbonyl (C=O) groups excluding carboxylic acids is 1. The van der Waals surface area contributed by atoms with E-state index >= 15 is 0 Å². The first-order valence-electron chi connectivity index (χ1n) is 11.7. The van der Waals surface area contributed by atoms with Gasteiger partial charge in [-0.15, -0.1) is 12.4 Å². The first-order valence-corrected chi connectivity index (χ1v) is 12.5. The molecule has 186 valence electrons. The van der Waals surface area contributed by atoms with Crippen molar-refractivity contribution in [3.05, 3.63) is 60.2 Å². The average molecular weight is 514 g/mol. The van der Waals surface area contributed by atoms with Gasteiger partial charge >= 0.3 is 0 Å². The van der Waals surface area contributed by atoms with Crippen LogP contribution in [0.25, 0.3) is 21.0 Å². The van der Waals surface area contributed by atoms with Crippen LogP contribution < -0.4 is 14.4 Å². The first kappa shape index (κ1) is 26.7. The van der Waals surface area contributed by atoms with E-state index < -0.39 is 0 Å². The van der Waals surface area contributed by atoms with E-state index in [0.717, 1.165) is 46.4 Å². The Hall–Kier alpha value is -2.87. The number of methoxy groups -OCH3 is 1. The molecule has 4 rings (SSSR count). The van der Waals surface area contributed by atoms with E-state index in [1.807, 2.05) is 61.5 Å². The van der Waals surface area contributed by atoms with Crippen molar-refractivity contribution in [3.63, 3.8) is 0 Å². The number of hydrogen-bond acceptors (Lipinski definition) is 6. The van der Waals surface area contributed by atoms with Gasteiger partial charge in [0, 0.05) is 13.1 Å². The van der Waals surface area contributed by atoms with Gasteiger partial charge in [0.15, 0.2) is 5.13 Å². The Kier molecular flexibility index (Phi) is 9.32. The minimum atomic E-state index is -0.112. The molecule has 1 aromatic heterocycles. The monoisotopic (exact) mass is 513 g/mol. The summed E-state index contributed by atoms with van der Waals surface area (Å²) >= 11 is 1.51. The Morgan fingerprint density at radius 3 is 2.34 bits per heavy atom. The first-order chi connectivity index (χ1) is 16.6. The molecule has 1 heterocycles. The lowest BCUT2D eigenvalue weighted by Crippen LogP contribution is -2.39. The summed E-state index contributed by atoms with van der Waals surface area (Å²) in [4.78, 5) is 22.9. The molecule has 0 spiro atoms. The van der Waals surface area contributed by atoms with Crippen molar-refractivity contribution in [2.24, 2.45) is 0 Å². The van der Waals surface area contributed by atoms with E-state index in [-0.39, 0.29) is 18.3 Å². The number of ether oxygens (including phenoxy) is 2. The Balaban J connectivity index is 0.00000342. The van der Waals surface area contributed by atoms with Crippen molar-refractivity contribution in [1.29, 1.82) is 0 Å².